The summed E-state index contributed by atoms with van der Waals surface area (Å²) in [6, 6.07) is 14.4. The van der Waals surface area contributed by atoms with Gasteiger partial charge in [-0.15, -0.1) is 30.7 Å². The molecule has 9 aromatic carbocycles. The number of aryl methyl sites for hydroxylation is 2. The summed E-state index contributed by atoms with van der Waals surface area (Å²) in [5.41, 5.74) is -6.54. The molecule has 0 saturated carbocycles. The van der Waals surface area contributed by atoms with Crippen LogP contribution in [0, 0.1) is 13.8 Å². The van der Waals surface area contributed by atoms with Crippen molar-refractivity contribution < 1.29 is 393 Å². The fourth-order valence-corrected chi connectivity index (χ4v) is 16.9. The molecule has 0 radical (unpaired) electrons. The van der Waals surface area contributed by atoms with E-state index in [1.807, 2.05) is 0 Å². The van der Waals surface area contributed by atoms with Crippen molar-refractivity contribution in [2.45, 2.75) is 57.9 Å². The van der Waals surface area contributed by atoms with Crippen LogP contribution in [-0.2, 0) is 91.1 Å². The number of fused-ring (bicyclic) bond motifs is 2. The zero-order chi connectivity index (χ0) is 91.0. The molecule has 51 nitrogen and oxygen atoms in total. The van der Waals surface area contributed by atoms with Crippen LogP contribution in [0.1, 0.15) is 11.1 Å². The Hall–Kier alpha value is -3.41. The van der Waals surface area contributed by atoms with Crippen LogP contribution in [0.15, 0.2) is 216 Å². The predicted octanol–water partition coefficient (Wildman–Crippen LogP) is -21.9. The second kappa shape index (κ2) is 48.1. The molecule has 3 aromatic heterocycles. The Labute approximate surface area is 962 Å². The van der Waals surface area contributed by atoms with Gasteiger partial charge in [0.05, 0.1) is 74.1 Å². The van der Waals surface area contributed by atoms with Crippen molar-refractivity contribution >= 4 is 233 Å². The first kappa shape index (κ1) is 124. The van der Waals surface area contributed by atoms with Crippen LogP contribution in [0.25, 0.3) is 21.5 Å². The number of H-pyrrole nitrogens is 4. The van der Waals surface area contributed by atoms with E-state index >= 15 is 0 Å². The van der Waals surface area contributed by atoms with E-state index in [0.29, 0.717) is 60.7 Å². The fourth-order valence-electron chi connectivity index (χ4n) is 11.0. The number of azo groups is 3. The molecular formula is C61H36Cl3N22Na9O29S9. The summed E-state index contributed by atoms with van der Waals surface area (Å²) in [7, 11) is -50.0. The number of nitrogens with zero attached hydrogens (tertiary/aromatic N) is 15. The van der Waals surface area contributed by atoms with E-state index in [4.69, 9.17) is 40.5 Å². The molecule has 0 bridgehead atoms. The first-order valence-electron chi connectivity index (χ1n) is 32.2. The van der Waals surface area contributed by atoms with Gasteiger partial charge in [-0.2, -0.15) is 41.8 Å². The number of nitrogens with two attached hydrogens (primary N) is 1. The van der Waals surface area contributed by atoms with Gasteiger partial charge in [-0.25, -0.2) is 78.9 Å². The van der Waals surface area contributed by atoms with Crippen molar-refractivity contribution in [3.63, 3.8) is 0 Å². The fraction of sp³-hybridized carbons (Fsp3) is 0.0328. The number of rotatable bonds is 23. The molecule has 0 aliphatic carbocycles. The second-order valence-electron chi connectivity index (χ2n) is 24.6. The Morgan fingerprint density at radius 3 is 1.03 bits per heavy atom. The van der Waals surface area contributed by atoms with Crippen molar-refractivity contribution in [2.24, 2.45) is 50.7 Å². The zero-order valence-corrected chi connectivity index (χ0v) is 96.7. The van der Waals surface area contributed by atoms with E-state index in [0.717, 1.165) is 42.5 Å². The van der Waals surface area contributed by atoms with Crippen LogP contribution in [0.3, 0.4) is 0 Å². The first-order chi connectivity index (χ1) is 57.3. The minimum absolute atomic E-state index is 0. The van der Waals surface area contributed by atoms with Crippen molar-refractivity contribution in [1.29, 1.82) is 0 Å². The third kappa shape index (κ3) is 30.8. The Kier molecular flexibility index (Phi) is 44.8. The summed E-state index contributed by atoms with van der Waals surface area (Å²) in [5, 5.41) is 50.8. The van der Waals surface area contributed by atoms with Crippen LogP contribution in [0.4, 0.5) is 85.8 Å². The van der Waals surface area contributed by atoms with E-state index in [9.17, 15) is 127 Å². The van der Waals surface area contributed by atoms with Gasteiger partial charge in [-0.05, 0) is 192 Å². The number of aromatic amines is 4. The summed E-state index contributed by atoms with van der Waals surface area (Å²) in [6.45, 7) is 2.83. The number of anilines is 5. The minimum Gasteiger partial charge on any atom is -0.870 e. The van der Waals surface area contributed by atoms with Gasteiger partial charge in [0, 0.05) is 22.1 Å². The van der Waals surface area contributed by atoms with Crippen molar-refractivity contribution in [1.82, 2.24) is 44.9 Å². The van der Waals surface area contributed by atoms with Gasteiger partial charge in [-0.3, -0.25) is 24.1 Å². The maximum Gasteiger partial charge on any atom is 1.00 e. The van der Waals surface area contributed by atoms with E-state index < -0.39 is 258 Å². The number of hydrogen-bond acceptors (Lipinski definition) is 45. The third-order valence-electron chi connectivity index (χ3n) is 16.2. The molecule has 0 aliphatic rings. The number of nitrogen functional groups attached to an aromatic ring is 1. The monoisotopic (exact) mass is 2140 g/mol. The average Bonchev–Trinajstić information content (AvgIpc) is 0.743. The Bertz CT molecular complexity index is 8280. The molecule has 648 valence electrons. The standard InChI is InChI=1S/C61H45Cl3N22O29S9.9Na/c1-23-13-30(116(89,90)91)6-8-33(23)69-59-75-53(62)72-56(78-59)66-28-4-11-40(120(101,102)103)36(20-28)82-85-49-43(123(110,111)112)16-25-15-32(118(95,96)97)22-38(45(25)51(49)87)71-61-77-55(64)74-58(80-61)68-27-3-10-39(119(98,99)100)35(19-27)81-84-48-42(122(107,108)109)17-26-18-44(124(113,114)115)50(52(88)46(26)47(48)65)86-83-37-21-29(5-12-41(37)121(104,105)106)67-57-73-54(63)76-60(79-57)70-34-9-7-31(14-24(34)2)117(92,93)94;;;;;;;;;/h3-22,87-88H,65H2,1-2H3,(H,89,90,91)(H,92,93,94)(H,95,96,97)(H,98,99,100)(H,101,102,103)(H,104,105,106)(H,107,108,109)(H,110,111,112)(H,113,114,115)(H2,66,69,72,75,78)(H2,67,70,73,76,79)(H2,68,71,74,77,80);;;;;;;;;/q;9*+1/p-9. The molecule has 3 heterocycles. The topological polar surface area (TPSA) is 857 Å². The molecule has 0 fully saturated rings. The Morgan fingerprint density at radius 2 is 0.684 bits per heavy atom. The zero-order valence-electron chi connectivity index (χ0n) is 69.1. The van der Waals surface area contributed by atoms with Crippen LogP contribution < -0.4 is 315 Å². The molecule has 0 spiro atoms. The minimum atomic E-state index is -6.01. The molecule has 12 aromatic rings. The Morgan fingerprint density at radius 1 is 0.346 bits per heavy atom. The van der Waals surface area contributed by atoms with Gasteiger partial charge < -0.3 is 63.4 Å². The molecule has 0 amide bonds. The number of nitrogens with one attached hydrogen (secondary N) is 6. The van der Waals surface area contributed by atoms with Crippen LogP contribution in [0.5, 0.6) is 11.5 Å². The maximum absolute atomic E-state index is 14.7. The molecule has 0 atom stereocenters. The molecule has 133 heavy (non-hydrogen) atoms. The number of benzene rings is 9. The van der Waals surface area contributed by atoms with E-state index in [1.54, 1.807) is 0 Å². The molecule has 72 heteroatoms. The van der Waals surface area contributed by atoms with Gasteiger partial charge in [0.25, 0.3) is 20.2 Å². The SMILES string of the molecule is Cc1cc(S(=O)(=O)[O-])ccc1Nc1nc(Cl)nc(=Nc2ccc(S(=O)(=O)[O-])c(N=Nc3c(S(=O)(=O)O)cc4cc(S(=O)(=O)[O-])cc(N=c5[nH]c(Cl)nc(=Nc6ccc(S(=O)(=O)[O-])c(N=Nc7c(S(=O)(=O)[O-])cc8cc(S(=O)(=O)O)c(N=Nc9cc(N=c%10nc(Cl)nc(Nc%11ccc(S(=O)(=O)[O-])cc%11C)[nH]%10)ccc9S(=O)(=O)[O-])c([O-])c8c7N)c6)[nH]5)c4c3[O-])c2)[nH]1.[Na+].[Na+].[Na+].[Na+].[Na+].[Na+].[Na+].[Na+].[Na+]. The maximum atomic E-state index is 14.7. The molecule has 12 rings (SSSR count). The van der Waals surface area contributed by atoms with Gasteiger partial charge in [0.1, 0.15) is 103 Å². The van der Waals surface area contributed by atoms with Crippen LogP contribution >= 0.6 is 34.8 Å². The third-order valence-corrected chi connectivity index (χ3v) is 24.5. The van der Waals surface area contributed by atoms with Crippen LogP contribution in [0.2, 0.25) is 15.9 Å². The first-order valence-corrected chi connectivity index (χ1v) is 46.0. The summed E-state index contributed by atoms with van der Waals surface area (Å²) in [6.07, 6.45) is 0. The van der Waals surface area contributed by atoms with Gasteiger partial charge in [0.15, 0.2) is 0 Å². The molecule has 0 aliphatic heterocycles. The van der Waals surface area contributed by atoms with Gasteiger partial charge >= 0.3 is 266 Å². The normalized spacial score (nSPS) is 12.8. The summed E-state index contributed by atoms with van der Waals surface area (Å²) in [4.78, 5) is 34.9. The largest absolute Gasteiger partial charge is 1.00 e. The van der Waals surface area contributed by atoms with Crippen molar-refractivity contribution in [2.75, 3.05) is 16.4 Å². The number of hydrogen-bond donors (Lipinski definition) is 9. The average molecular weight is 2140 g/mol. The second-order valence-corrected chi connectivity index (χ2v) is 38.0. The summed E-state index contributed by atoms with van der Waals surface area (Å²) < 4.78 is 334. The number of halogens is 3. The van der Waals surface area contributed by atoms with Crippen LogP contribution in [-0.4, -0.2) is 162 Å². The molecule has 0 unspecified atom stereocenters. The molecule has 0 saturated heterocycles. The Balaban J connectivity index is 0.00000506. The van der Waals surface area contributed by atoms with Crippen molar-refractivity contribution in [3.05, 3.63) is 171 Å². The summed E-state index contributed by atoms with van der Waals surface area (Å²) in [5.74, 6) is -3.95. The quantitative estimate of drug-likeness (QED) is 0.0124. The molecule has 10 N–H and O–H groups in total. The molecular weight excluding hydrogens is 2110 g/mol. The summed E-state index contributed by atoms with van der Waals surface area (Å²) >= 11 is 18.6. The number of aromatic nitrogens is 9. The van der Waals surface area contributed by atoms with E-state index in [2.05, 4.69) is 106 Å². The van der Waals surface area contributed by atoms with Gasteiger partial charge in [-0.1, -0.05) is 11.5 Å². The predicted molar refractivity (Wildman–Crippen MR) is 409 cm³/mol. The van der Waals surface area contributed by atoms with Gasteiger partial charge in [0.2, 0.25) is 50.2 Å². The van der Waals surface area contributed by atoms with E-state index in [1.165, 1.54) is 26.0 Å². The van der Waals surface area contributed by atoms with Crippen molar-refractivity contribution in [3.8, 4) is 11.5 Å². The smallest absolute Gasteiger partial charge is 0.870 e. The van der Waals surface area contributed by atoms with E-state index in [-0.39, 0.29) is 318 Å².